The van der Waals surface area contributed by atoms with E-state index in [-0.39, 0.29) is 13.2 Å². The van der Waals surface area contributed by atoms with E-state index in [0.29, 0.717) is 23.3 Å². The fourth-order valence-corrected chi connectivity index (χ4v) is 3.42. The molecule has 230 valence electrons. The minimum absolute atomic E-state index is 0. The Morgan fingerprint density at radius 2 is 1.00 bits per heavy atom. The molecule has 0 saturated heterocycles. The number of rotatable bonds is 4. The second-order valence-electron chi connectivity index (χ2n) is 11.7. The summed E-state index contributed by atoms with van der Waals surface area (Å²) < 4.78 is 13.1. The van der Waals surface area contributed by atoms with Crippen LogP contribution in [0.15, 0.2) is 60.7 Å². The van der Waals surface area contributed by atoms with E-state index >= 15 is 0 Å². The van der Waals surface area contributed by atoms with Crippen LogP contribution in [0.25, 0.3) is 0 Å². The summed E-state index contributed by atoms with van der Waals surface area (Å²) in [6.07, 6.45) is 3.87. The molecule has 0 radical (unpaired) electrons. The molecule has 0 aromatic heterocycles. The van der Waals surface area contributed by atoms with Crippen LogP contribution in [0, 0.1) is 72.9 Å². The highest BCUT2D eigenvalue weighted by molar-refractivity contribution is 6.31. The smallest absolute Gasteiger partial charge is 0.127 e. The lowest BCUT2D eigenvalue weighted by Crippen LogP contribution is -1.85. The fourth-order valence-electron chi connectivity index (χ4n) is 3.24. The van der Waals surface area contributed by atoms with Crippen molar-refractivity contribution in [2.24, 2.45) is 17.8 Å². The Labute approximate surface area is 268 Å². The third-order valence-corrected chi connectivity index (χ3v) is 6.34. The third kappa shape index (κ3) is 18.7. The van der Waals surface area contributed by atoms with Crippen molar-refractivity contribution in [3.05, 3.63) is 105 Å². The molecular formula is C41H52ClF. The van der Waals surface area contributed by atoms with Crippen LogP contribution in [0.4, 0.5) is 4.39 Å². The van der Waals surface area contributed by atoms with Gasteiger partial charge in [-0.3, -0.25) is 0 Å². The predicted molar refractivity (Wildman–Crippen MR) is 189 cm³/mol. The van der Waals surface area contributed by atoms with Gasteiger partial charge in [-0.15, -0.1) is 0 Å². The highest BCUT2D eigenvalue weighted by Gasteiger charge is 1.97. The Bertz CT molecular complexity index is 1330. The summed E-state index contributed by atoms with van der Waals surface area (Å²) in [5.41, 5.74) is 6.03. The van der Waals surface area contributed by atoms with Gasteiger partial charge in [0.1, 0.15) is 5.82 Å². The first-order valence-corrected chi connectivity index (χ1v) is 15.4. The zero-order chi connectivity index (χ0) is 31.5. The van der Waals surface area contributed by atoms with Crippen LogP contribution in [0.1, 0.15) is 109 Å². The lowest BCUT2D eigenvalue weighted by atomic mass is 10.1. The summed E-state index contributed by atoms with van der Waals surface area (Å²) >= 11 is 5.99. The zero-order valence-corrected chi connectivity index (χ0v) is 27.8. The number of hydrogen-bond donors (Lipinski definition) is 0. The topological polar surface area (TPSA) is 0 Å². The number of aryl methyl sites for hydroxylation is 3. The minimum Gasteiger partial charge on any atom is -0.207 e. The largest absolute Gasteiger partial charge is 0.207 e. The van der Waals surface area contributed by atoms with Crippen molar-refractivity contribution in [2.45, 2.75) is 95.4 Å². The van der Waals surface area contributed by atoms with E-state index in [4.69, 9.17) is 11.6 Å². The molecule has 0 fully saturated rings. The van der Waals surface area contributed by atoms with Crippen molar-refractivity contribution >= 4 is 11.6 Å². The van der Waals surface area contributed by atoms with Gasteiger partial charge in [0.25, 0.3) is 0 Å². The molecule has 0 aliphatic carbocycles. The molecule has 0 heterocycles. The Morgan fingerprint density at radius 3 is 1.40 bits per heavy atom. The third-order valence-electron chi connectivity index (χ3n) is 5.93. The maximum absolute atomic E-state index is 13.1. The summed E-state index contributed by atoms with van der Waals surface area (Å²) in [6, 6.07) is 19.5. The first kappa shape index (κ1) is 39.6. The molecule has 0 aliphatic heterocycles. The monoisotopic (exact) mass is 598 g/mol. The van der Waals surface area contributed by atoms with Crippen molar-refractivity contribution in [1.29, 1.82) is 0 Å². The predicted octanol–water partition coefficient (Wildman–Crippen LogP) is 11.9. The van der Waals surface area contributed by atoms with Gasteiger partial charge in [-0.05, 0) is 91.1 Å². The van der Waals surface area contributed by atoms with Crippen LogP contribution < -0.4 is 0 Å². The van der Waals surface area contributed by atoms with E-state index in [2.05, 4.69) is 108 Å². The molecule has 0 saturated carbocycles. The number of hydrogen-bond acceptors (Lipinski definition) is 0. The standard InChI is InChI=1S/C14H18.C13H15Cl.C13H15F.CH4/c1-4-13-8-10-14(11-9-13)7-5-6-12(2)3;2*1-10(2)5-4-6-12-8-7-11(3)13(14)9-12;/h8-12H,4,6H2,1-3H3;2*7-10H,5H2,1-3H3;1H4. The molecule has 43 heavy (non-hydrogen) atoms. The molecule has 0 aliphatic rings. The van der Waals surface area contributed by atoms with Gasteiger partial charge in [-0.2, -0.15) is 0 Å². The van der Waals surface area contributed by atoms with Crippen molar-refractivity contribution in [1.82, 2.24) is 0 Å². The summed E-state index contributed by atoms with van der Waals surface area (Å²) in [7, 11) is 0. The fraction of sp³-hybridized carbons (Fsp3) is 0.415. The van der Waals surface area contributed by atoms with E-state index in [1.807, 2.05) is 31.2 Å². The second-order valence-corrected chi connectivity index (χ2v) is 12.1. The molecule has 0 N–H and O–H groups in total. The van der Waals surface area contributed by atoms with Crippen LogP contribution in [0.2, 0.25) is 5.02 Å². The molecule has 0 atom stereocenters. The van der Waals surface area contributed by atoms with Crippen LogP contribution in [-0.4, -0.2) is 0 Å². The van der Waals surface area contributed by atoms with Gasteiger partial charge in [0.05, 0.1) is 0 Å². The summed E-state index contributed by atoms with van der Waals surface area (Å²) in [5, 5.41) is 0.793. The summed E-state index contributed by atoms with van der Waals surface area (Å²) in [6.45, 7) is 18.8. The molecule has 2 heteroatoms. The molecule has 0 bridgehead atoms. The van der Waals surface area contributed by atoms with Gasteiger partial charge in [0.15, 0.2) is 0 Å². The van der Waals surface area contributed by atoms with Gasteiger partial charge >= 0.3 is 0 Å². The molecule has 3 aromatic carbocycles. The lowest BCUT2D eigenvalue weighted by Gasteiger charge is -1.97. The van der Waals surface area contributed by atoms with E-state index in [0.717, 1.165) is 53.0 Å². The van der Waals surface area contributed by atoms with Crippen molar-refractivity contribution in [2.75, 3.05) is 0 Å². The van der Waals surface area contributed by atoms with E-state index in [1.165, 1.54) is 11.6 Å². The van der Waals surface area contributed by atoms with Gasteiger partial charge < -0.3 is 0 Å². The highest BCUT2D eigenvalue weighted by Crippen LogP contribution is 2.16. The first-order chi connectivity index (χ1) is 19.9. The number of halogens is 2. The molecular weight excluding hydrogens is 547 g/mol. The molecule has 0 spiro atoms. The van der Waals surface area contributed by atoms with E-state index in [1.54, 1.807) is 13.0 Å². The normalized spacial score (nSPS) is 9.53. The van der Waals surface area contributed by atoms with Gasteiger partial charge in [0, 0.05) is 41.0 Å². The molecule has 0 amide bonds. The van der Waals surface area contributed by atoms with Crippen molar-refractivity contribution in [3.63, 3.8) is 0 Å². The van der Waals surface area contributed by atoms with Crippen LogP contribution >= 0.6 is 11.6 Å². The van der Waals surface area contributed by atoms with Crippen LogP contribution in [0.5, 0.6) is 0 Å². The SMILES string of the molecule is C.CCc1ccc(C#CCC(C)C)cc1.Cc1ccc(C#CCC(C)C)cc1Cl.Cc1ccc(C#CCC(C)C)cc1F. The summed E-state index contributed by atoms with van der Waals surface area (Å²) in [5.74, 6) is 20.3. The van der Waals surface area contributed by atoms with Crippen LogP contribution in [0.3, 0.4) is 0 Å². The maximum atomic E-state index is 13.1. The molecule has 3 rings (SSSR count). The summed E-state index contributed by atoms with van der Waals surface area (Å²) in [4.78, 5) is 0. The Balaban J connectivity index is 0.000000608. The average molecular weight is 599 g/mol. The van der Waals surface area contributed by atoms with Crippen molar-refractivity contribution < 1.29 is 4.39 Å². The Hall–Kier alpha value is -3.44. The molecule has 0 unspecified atom stereocenters. The van der Waals surface area contributed by atoms with Gasteiger partial charge in [0.2, 0.25) is 0 Å². The maximum Gasteiger partial charge on any atom is 0.127 e. The molecule has 0 nitrogen and oxygen atoms in total. The van der Waals surface area contributed by atoms with Crippen molar-refractivity contribution in [3.8, 4) is 35.5 Å². The van der Waals surface area contributed by atoms with Crippen LogP contribution in [-0.2, 0) is 6.42 Å². The quantitative estimate of drug-likeness (QED) is 0.262. The van der Waals surface area contributed by atoms with E-state index < -0.39 is 0 Å². The first-order valence-electron chi connectivity index (χ1n) is 15.0. The average Bonchev–Trinajstić information content (AvgIpc) is 2.93. The molecule has 3 aromatic rings. The van der Waals surface area contributed by atoms with Gasteiger partial charge in [-0.25, -0.2) is 4.39 Å². The Morgan fingerprint density at radius 1 is 0.605 bits per heavy atom. The lowest BCUT2D eigenvalue weighted by molar-refractivity contribution is 0.618. The van der Waals surface area contributed by atoms with E-state index in [9.17, 15) is 4.39 Å². The minimum atomic E-state index is -0.179. The highest BCUT2D eigenvalue weighted by atomic mass is 35.5. The zero-order valence-electron chi connectivity index (χ0n) is 27.1. The second kappa shape index (κ2) is 22.1. The van der Waals surface area contributed by atoms with Gasteiger partial charge in [-0.1, -0.05) is 127 Å². The Kier molecular flexibility index (Phi) is 20.4. The number of benzene rings is 3.